The number of methoxy groups -OCH3 is 2. The van der Waals surface area contributed by atoms with Crippen LogP contribution in [0.4, 0.5) is 0 Å². The molecular formula is C21H32O5. The molecule has 26 heavy (non-hydrogen) atoms. The zero-order valence-electron chi connectivity index (χ0n) is 16.4. The Morgan fingerprint density at radius 2 is 1.92 bits per heavy atom. The van der Waals surface area contributed by atoms with Crippen LogP contribution in [0.25, 0.3) is 0 Å². The Labute approximate surface area is 157 Å². The van der Waals surface area contributed by atoms with E-state index in [1.807, 2.05) is 36.4 Å². The molecule has 0 bridgehead atoms. The van der Waals surface area contributed by atoms with E-state index in [4.69, 9.17) is 23.7 Å². The summed E-state index contributed by atoms with van der Waals surface area (Å²) in [5.41, 5.74) is 1.13. The second kappa shape index (κ2) is 10.2. The fraction of sp³-hybridized carbons (Fsp3) is 0.619. The molecule has 0 saturated carbocycles. The van der Waals surface area contributed by atoms with Crippen molar-refractivity contribution in [1.82, 2.24) is 0 Å². The van der Waals surface area contributed by atoms with E-state index in [2.05, 4.69) is 20.4 Å². The second-order valence-corrected chi connectivity index (χ2v) is 6.85. The van der Waals surface area contributed by atoms with Gasteiger partial charge in [0.1, 0.15) is 12.9 Å². The topological polar surface area (TPSA) is 46.2 Å². The SMILES string of the molecule is C=CC[C@@]1(OC)O[C@@H](COCc2ccccc2)[C@H](OCOC)[C@@H](C)[C@@H]1C. The third-order valence-corrected chi connectivity index (χ3v) is 5.26. The summed E-state index contributed by atoms with van der Waals surface area (Å²) in [7, 11) is 3.31. The highest BCUT2D eigenvalue weighted by molar-refractivity contribution is 5.13. The van der Waals surface area contributed by atoms with Gasteiger partial charge in [0.15, 0.2) is 5.79 Å². The Hall–Kier alpha value is -1.24. The third kappa shape index (κ3) is 4.93. The summed E-state index contributed by atoms with van der Waals surface area (Å²) in [5.74, 6) is -0.364. The fourth-order valence-electron chi connectivity index (χ4n) is 3.61. The summed E-state index contributed by atoms with van der Waals surface area (Å²) in [4.78, 5) is 0. The van der Waals surface area contributed by atoms with Crippen LogP contribution < -0.4 is 0 Å². The van der Waals surface area contributed by atoms with Gasteiger partial charge < -0.3 is 23.7 Å². The predicted octanol–water partition coefficient (Wildman–Crippen LogP) is 3.78. The quantitative estimate of drug-likeness (QED) is 0.467. The smallest absolute Gasteiger partial charge is 0.174 e. The number of benzene rings is 1. The van der Waals surface area contributed by atoms with E-state index >= 15 is 0 Å². The highest BCUT2D eigenvalue weighted by atomic mass is 16.7. The summed E-state index contributed by atoms with van der Waals surface area (Å²) >= 11 is 0. The van der Waals surface area contributed by atoms with Crippen molar-refractivity contribution in [1.29, 1.82) is 0 Å². The first-order valence-corrected chi connectivity index (χ1v) is 9.14. The molecule has 2 rings (SSSR count). The lowest BCUT2D eigenvalue weighted by Gasteiger charge is -2.50. The van der Waals surface area contributed by atoms with Gasteiger partial charge in [-0.25, -0.2) is 0 Å². The van der Waals surface area contributed by atoms with Gasteiger partial charge in [-0.3, -0.25) is 0 Å². The minimum atomic E-state index is -0.713. The highest BCUT2D eigenvalue weighted by Gasteiger charge is 2.51. The zero-order valence-corrected chi connectivity index (χ0v) is 16.4. The minimum absolute atomic E-state index is 0.131. The summed E-state index contributed by atoms with van der Waals surface area (Å²) in [6.07, 6.45) is 2.07. The van der Waals surface area contributed by atoms with Crippen LogP contribution >= 0.6 is 0 Å². The first kappa shape index (κ1) is 21.1. The molecule has 0 aliphatic carbocycles. The number of hydrogen-bond acceptors (Lipinski definition) is 5. The predicted molar refractivity (Wildman–Crippen MR) is 101 cm³/mol. The monoisotopic (exact) mass is 364 g/mol. The largest absolute Gasteiger partial charge is 0.374 e. The standard InChI is InChI=1S/C21H32O5/c1-6-12-21(23-5)17(3)16(2)20(25-15-22-4)19(26-21)14-24-13-18-10-8-7-9-11-18/h6-11,16-17,19-20H,1,12-15H2,2-5H3/t16-,17-,19-,20+,21+/m0/s1. The zero-order chi connectivity index (χ0) is 19.0. The molecule has 5 atom stereocenters. The van der Waals surface area contributed by atoms with Gasteiger partial charge in [0, 0.05) is 26.6 Å². The molecule has 5 nitrogen and oxygen atoms in total. The van der Waals surface area contributed by atoms with Gasteiger partial charge in [-0.2, -0.15) is 0 Å². The molecule has 146 valence electrons. The maximum Gasteiger partial charge on any atom is 0.174 e. The Morgan fingerprint density at radius 3 is 2.54 bits per heavy atom. The normalized spacial score (nSPS) is 31.7. The fourth-order valence-corrected chi connectivity index (χ4v) is 3.61. The first-order chi connectivity index (χ1) is 12.6. The molecule has 0 unspecified atom stereocenters. The van der Waals surface area contributed by atoms with Gasteiger partial charge in [0.25, 0.3) is 0 Å². The average molecular weight is 364 g/mol. The van der Waals surface area contributed by atoms with Crippen LogP contribution in [-0.2, 0) is 30.3 Å². The minimum Gasteiger partial charge on any atom is -0.374 e. The van der Waals surface area contributed by atoms with Crippen molar-refractivity contribution in [3.8, 4) is 0 Å². The van der Waals surface area contributed by atoms with Crippen LogP contribution in [0.5, 0.6) is 0 Å². The van der Waals surface area contributed by atoms with Gasteiger partial charge in [0.2, 0.25) is 0 Å². The number of hydrogen-bond donors (Lipinski definition) is 0. The van der Waals surface area contributed by atoms with Crippen molar-refractivity contribution < 1.29 is 23.7 Å². The molecule has 0 N–H and O–H groups in total. The molecule has 0 amide bonds. The van der Waals surface area contributed by atoms with E-state index in [9.17, 15) is 0 Å². The molecule has 1 aromatic rings. The van der Waals surface area contributed by atoms with Crippen molar-refractivity contribution in [3.63, 3.8) is 0 Å². The van der Waals surface area contributed by atoms with E-state index in [1.165, 1.54) is 0 Å². The maximum absolute atomic E-state index is 6.39. The van der Waals surface area contributed by atoms with Crippen molar-refractivity contribution in [3.05, 3.63) is 48.6 Å². The Morgan fingerprint density at radius 1 is 1.19 bits per heavy atom. The molecule has 1 heterocycles. The lowest BCUT2D eigenvalue weighted by molar-refractivity contribution is -0.341. The van der Waals surface area contributed by atoms with E-state index in [0.29, 0.717) is 19.6 Å². The molecule has 5 heteroatoms. The van der Waals surface area contributed by atoms with Gasteiger partial charge in [-0.1, -0.05) is 50.3 Å². The van der Waals surface area contributed by atoms with E-state index < -0.39 is 5.79 Å². The van der Waals surface area contributed by atoms with Crippen molar-refractivity contribution >= 4 is 0 Å². The Bertz CT molecular complexity index is 534. The van der Waals surface area contributed by atoms with Crippen molar-refractivity contribution in [2.24, 2.45) is 11.8 Å². The van der Waals surface area contributed by atoms with Crippen molar-refractivity contribution in [2.45, 2.75) is 44.9 Å². The summed E-state index contributed by atoms with van der Waals surface area (Å²) < 4.78 is 29.2. The summed E-state index contributed by atoms with van der Waals surface area (Å²) in [6.45, 7) is 9.32. The van der Waals surface area contributed by atoms with Crippen LogP contribution in [0.3, 0.4) is 0 Å². The van der Waals surface area contributed by atoms with Crippen LogP contribution in [0, 0.1) is 11.8 Å². The third-order valence-electron chi connectivity index (χ3n) is 5.26. The molecule has 1 aromatic carbocycles. The maximum atomic E-state index is 6.39. The summed E-state index contributed by atoms with van der Waals surface area (Å²) in [5, 5.41) is 0. The number of ether oxygens (including phenoxy) is 5. The van der Waals surface area contributed by atoms with E-state index in [1.54, 1.807) is 14.2 Å². The first-order valence-electron chi connectivity index (χ1n) is 9.14. The lowest BCUT2D eigenvalue weighted by Crippen LogP contribution is -2.59. The van der Waals surface area contributed by atoms with Gasteiger partial charge in [-0.15, -0.1) is 6.58 Å². The van der Waals surface area contributed by atoms with E-state index in [0.717, 1.165) is 5.56 Å². The molecule has 0 radical (unpaired) electrons. The Kier molecular flexibility index (Phi) is 8.25. The van der Waals surface area contributed by atoms with Gasteiger partial charge in [0.05, 0.1) is 19.3 Å². The second-order valence-electron chi connectivity index (χ2n) is 6.85. The molecule has 1 fully saturated rings. The molecule has 0 spiro atoms. The van der Waals surface area contributed by atoms with Crippen LogP contribution in [0.1, 0.15) is 25.8 Å². The molecular weight excluding hydrogens is 332 g/mol. The summed E-state index contributed by atoms with van der Waals surface area (Å²) in [6, 6.07) is 10.1. The molecule has 1 aliphatic heterocycles. The van der Waals surface area contributed by atoms with E-state index in [-0.39, 0.29) is 30.8 Å². The average Bonchev–Trinajstić information content (AvgIpc) is 2.66. The molecule has 1 saturated heterocycles. The van der Waals surface area contributed by atoms with Crippen LogP contribution in [0.2, 0.25) is 0 Å². The molecule has 0 aromatic heterocycles. The molecule has 1 aliphatic rings. The Balaban J connectivity index is 2.09. The van der Waals surface area contributed by atoms with Crippen LogP contribution in [0.15, 0.2) is 43.0 Å². The highest BCUT2D eigenvalue weighted by Crippen LogP contribution is 2.42. The van der Waals surface area contributed by atoms with Gasteiger partial charge in [-0.05, 0) is 11.5 Å². The van der Waals surface area contributed by atoms with Crippen molar-refractivity contribution in [2.75, 3.05) is 27.6 Å². The lowest BCUT2D eigenvalue weighted by atomic mass is 9.78. The van der Waals surface area contributed by atoms with Crippen LogP contribution in [-0.4, -0.2) is 45.6 Å². The number of rotatable bonds is 10. The van der Waals surface area contributed by atoms with Gasteiger partial charge >= 0.3 is 0 Å².